The second kappa shape index (κ2) is 5.03. The van der Waals surface area contributed by atoms with E-state index >= 15 is 0 Å². The molecule has 1 aromatic rings. The molecular formula is C11H14ClNOS. The Morgan fingerprint density at radius 3 is 2.33 bits per heavy atom. The summed E-state index contributed by atoms with van der Waals surface area (Å²) in [5.74, 6) is 0. The first-order valence-electron chi connectivity index (χ1n) is 4.53. The van der Waals surface area contributed by atoms with Gasteiger partial charge in [0.2, 0.25) is 0 Å². The molecule has 2 N–H and O–H groups in total. The molecule has 0 amide bonds. The minimum absolute atomic E-state index is 0.514. The summed E-state index contributed by atoms with van der Waals surface area (Å²) < 4.78 is 10.6. The van der Waals surface area contributed by atoms with Crippen LogP contribution in [-0.4, -0.2) is 9.30 Å². The van der Waals surface area contributed by atoms with Crippen LogP contribution in [-0.2, 0) is 11.4 Å². The molecule has 82 valence electrons. The minimum atomic E-state index is -1.37. The summed E-state index contributed by atoms with van der Waals surface area (Å²) in [4.78, 5) is 0. The van der Waals surface area contributed by atoms with Crippen molar-refractivity contribution in [2.45, 2.75) is 18.6 Å². The topological polar surface area (TPSA) is 49.1 Å². The number of hydrogen-bond acceptors (Lipinski definition) is 2. The fourth-order valence-corrected chi connectivity index (χ4v) is 1.27. The fraction of sp³-hybridized carbons (Fsp3) is 0.273. The van der Waals surface area contributed by atoms with Gasteiger partial charge in [0.15, 0.2) is 4.75 Å². The third-order valence-corrected chi connectivity index (χ3v) is 3.49. The molecule has 0 bridgehead atoms. The Morgan fingerprint density at radius 1 is 1.33 bits per heavy atom. The molecule has 0 aliphatic rings. The Kier molecular flexibility index (Phi) is 4.22. The summed E-state index contributed by atoms with van der Waals surface area (Å²) in [5.41, 5.74) is 1.01. The SMILES string of the molecule is CC(C)(/C=C\c1ccc(Cl)cc1)[S+](N)[O-]. The van der Waals surface area contributed by atoms with Gasteiger partial charge >= 0.3 is 0 Å². The van der Waals surface area contributed by atoms with Crippen LogP contribution in [0.15, 0.2) is 30.3 Å². The van der Waals surface area contributed by atoms with Crippen molar-refractivity contribution in [2.24, 2.45) is 5.14 Å². The van der Waals surface area contributed by atoms with E-state index in [1.54, 1.807) is 0 Å². The summed E-state index contributed by atoms with van der Waals surface area (Å²) in [5, 5.41) is 6.06. The number of halogens is 1. The molecule has 1 atom stereocenters. The van der Waals surface area contributed by atoms with Crippen LogP contribution < -0.4 is 5.14 Å². The maximum Gasteiger partial charge on any atom is 0.157 e. The molecule has 1 unspecified atom stereocenters. The highest BCUT2D eigenvalue weighted by molar-refractivity contribution is 7.90. The average Bonchev–Trinajstić information content (AvgIpc) is 2.17. The van der Waals surface area contributed by atoms with Crippen molar-refractivity contribution in [3.8, 4) is 0 Å². The van der Waals surface area contributed by atoms with E-state index < -0.39 is 16.1 Å². The van der Waals surface area contributed by atoms with Gasteiger partial charge in [0.1, 0.15) is 0 Å². The van der Waals surface area contributed by atoms with Crippen LogP contribution in [0.5, 0.6) is 0 Å². The minimum Gasteiger partial charge on any atom is -0.598 e. The van der Waals surface area contributed by atoms with Gasteiger partial charge in [0.25, 0.3) is 0 Å². The number of hydrogen-bond donors (Lipinski definition) is 1. The summed E-state index contributed by atoms with van der Waals surface area (Å²) in [7, 11) is 0. The molecule has 0 aliphatic carbocycles. The van der Waals surface area contributed by atoms with E-state index in [1.807, 2.05) is 50.3 Å². The van der Waals surface area contributed by atoms with E-state index in [0.717, 1.165) is 5.56 Å². The smallest absolute Gasteiger partial charge is 0.157 e. The lowest BCUT2D eigenvalue weighted by Gasteiger charge is -2.19. The Morgan fingerprint density at radius 2 is 1.87 bits per heavy atom. The van der Waals surface area contributed by atoms with Crippen molar-refractivity contribution in [1.29, 1.82) is 0 Å². The van der Waals surface area contributed by atoms with Crippen LogP contribution in [0.3, 0.4) is 0 Å². The largest absolute Gasteiger partial charge is 0.598 e. The van der Waals surface area contributed by atoms with Gasteiger partial charge in [-0.2, -0.15) is 5.14 Å². The highest BCUT2D eigenvalue weighted by Crippen LogP contribution is 2.17. The molecule has 0 fully saturated rings. The van der Waals surface area contributed by atoms with Crippen molar-refractivity contribution in [3.63, 3.8) is 0 Å². The van der Waals surface area contributed by atoms with Crippen molar-refractivity contribution in [3.05, 3.63) is 40.9 Å². The first-order chi connectivity index (χ1) is 6.92. The molecule has 0 saturated heterocycles. The van der Waals surface area contributed by atoms with Crippen LogP contribution in [0.1, 0.15) is 19.4 Å². The lowest BCUT2D eigenvalue weighted by atomic mass is 10.1. The molecule has 0 aromatic heterocycles. The van der Waals surface area contributed by atoms with E-state index in [1.165, 1.54) is 0 Å². The summed E-state index contributed by atoms with van der Waals surface area (Å²) in [6.45, 7) is 3.66. The lowest BCUT2D eigenvalue weighted by Crippen LogP contribution is -2.35. The molecule has 15 heavy (non-hydrogen) atoms. The molecule has 1 rings (SSSR count). The number of benzene rings is 1. The van der Waals surface area contributed by atoms with Gasteiger partial charge in [-0.1, -0.05) is 29.8 Å². The zero-order valence-electron chi connectivity index (χ0n) is 8.74. The third-order valence-electron chi connectivity index (χ3n) is 2.07. The second-order valence-corrected chi connectivity index (χ2v) is 5.87. The maximum absolute atomic E-state index is 11.2. The van der Waals surface area contributed by atoms with E-state index in [0.29, 0.717) is 5.02 Å². The van der Waals surface area contributed by atoms with Gasteiger partial charge in [-0.05, 0) is 37.6 Å². The molecule has 0 radical (unpaired) electrons. The zero-order valence-corrected chi connectivity index (χ0v) is 10.3. The van der Waals surface area contributed by atoms with E-state index in [-0.39, 0.29) is 0 Å². The molecule has 0 aliphatic heterocycles. The van der Waals surface area contributed by atoms with Gasteiger partial charge in [0.05, 0.1) is 0 Å². The van der Waals surface area contributed by atoms with Crippen molar-refractivity contribution >= 4 is 29.0 Å². The van der Waals surface area contributed by atoms with Crippen LogP contribution in [0.25, 0.3) is 6.08 Å². The highest BCUT2D eigenvalue weighted by Gasteiger charge is 2.25. The maximum atomic E-state index is 11.2. The van der Waals surface area contributed by atoms with Crippen LogP contribution in [0.4, 0.5) is 0 Å². The zero-order chi connectivity index (χ0) is 11.5. The summed E-state index contributed by atoms with van der Waals surface area (Å²) >= 11 is 4.39. The van der Waals surface area contributed by atoms with Crippen molar-refractivity contribution in [1.82, 2.24) is 0 Å². The van der Waals surface area contributed by atoms with Gasteiger partial charge in [-0.15, -0.1) is 0 Å². The highest BCUT2D eigenvalue weighted by atomic mass is 35.5. The summed E-state index contributed by atoms with van der Waals surface area (Å²) in [6, 6.07) is 7.42. The average molecular weight is 244 g/mol. The van der Waals surface area contributed by atoms with Gasteiger partial charge in [0, 0.05) is 16.4 Å². The Labute approximate surface area is 98.4 Å². The third kappa shape index (κ3) is 3.87. The standard InChI is InChI=1S/C11H14ClNOS/c1-11(2,15(13)14)8-7-9-3-5-10(12)6-4-9/h3-8H,13H2,1-2H3/b8-7-. The van der Waals surface area contributed by atoms with Crippen molar-refractivity contribution < 1.29 is 4.55 Å². The molecular weight excluding hydrogens is 230 g/mol. The van der Waals surface area contributed by atoms with E-state index in [9.17, 15) is 4.55 Å². The van der Waals surface area contributed by atoms with Crippen LogP contribution in [0, 0.1) is 0 Å². The van der Waals surface area contributed by atoms with Gasteiger partial charge in [-0.3, -0.25) is 0 Å². The van der Waals surface area contributed by atoms with Crippen LogP contribution >= 0.6 is 11.6 Å². The molecule has 4 heteroatoms. The monoisotopic (exact) mass is 243 g/mol. The second-order valence-electron chi connectivity index (χ2n) is 3.79. The molecule has 0 spiro atoms. The van der Waals surface area contributed by atoms with Gasteiger partial charge in [-0.25, -0.2) is 0 Å². The first kappa shape index (κ1) is 12.6. The predicted octanol–water partition coefficient (Wildman–Crippen LogP) is 2.75. The predicted molar refractivity (Wildman–Crippen MR) is 66.9 cm³/mol. The lowest BCUT2D eigenvalue weighted by molar-refractivity contribution is 0.573. The normalized spacial score (nSPS) is 14.5. The quantitative estimate of drug-likeness (QED) is 0.830. The van der Waals surface area contributed by atoms with E-state index in [2.05, 4.69) is 0 Å². The van der Waals surface area contributed by atoms with Crippen LogP contribution in [0.2, 0.25) is 5.02 Å². The number of nitrogens with two attached hydrogens (primary N) is 1. The molecule has 0 heterocycles. The molecule has 1 aromatic carbocycles. The number of rotatable bonds is 3. The Hall–Kier alpha value is -0.480. The van der Waals surface area contributed by atoms with Gasteiger partial charge < -0.3 is 4.55 Å². The summed E-state index contributed by atoms with van der Waals surface area (Å²) in [6.07, 6.45) is 3.73. The Bertz CT molecular complexity index is 346. The molecule has 2 nitrogen and oxygen atoms in total. The fourth-order valence-electron chi connectivity index (χ4n) is 0.938. The first-order valence-corrected chi connectivity index (χ1v) is 6.12. The molecule has 0 saturated carbocycles. The Balaban J connectivity index is 2.77. The van der Waals surface area contributed by atoms with Crippen molar-refractivity contribution in [2.75, 3.05) is 0 Å². The van der Waals surface area contributed by atoms with E-state index in [4.69, 9.17) is 16.7 Å².